The van der Waals surface area contributed by atoms with Gasteiger partial charge >= 0.3 is 0 Å². The normalized spacial score (nSPS) is 12.8. The van der Waals surface area contributed by atoms with E-state index in [9.17, 15) is 0 Å². The van der Waals surface area contributed by atoms with Crippen molar-refractivity contribution in [2.75, 3.05) is 13.7 Å². The summed E-state index contributed by atoms with van der Waals surface area (Å²) in [6, 6.07) is 6.96. The summed E-state index contributed by atoms with van der Waals surface area (Å²) in [6.45, 7) is 8.08. The lowest BCUT2D eigenvalue weighted by atomic mass is 10.1. The third-order valence-corrected chi connectivity index (χ3v) is 2.56. The fourth-order valence-electron chi connectivity index (χ4n) is 1.58. The quantitative estimate of drug-likeness (QED) is 0.800. The highest BCUT2D eigenvalue weighted by atomic mass is 16.5. The van der Waals surface area contributed by atoms with Crippen LogP contribution in [0.15, 0.2) is 18.2 Å². The summed E-state index contributed by atoms with van der Waals surface area (Å²) in [7, 11) is 1.73. The Labute approximate surface area is 92.6 Å². The molecular formula is C13H21NO. The standard InChI is InChI=1S/C13H21NO/c1-10-5-6-11(2)13(7-10)8-14-12(3)9-15-4/h5-7,12,14H,8-9H2,1-4H3. The molecular weight excluding hydrogens is 186 g/mol. The number of ether oxygens (including phenoxy) is 1. The molecule has 1 aromatic rings. The van der Waals surface area contributed by atoms with Gasteiger partial charge in [0.1, 0.15) is 0 Å². The van der Waals surface area contributed by atoms with Gasteiger partial charge in [0.05, 0.1) is 6.61 Å². The summed E-state index contributed by atoms with van der Waals surface area (Å²) < 4.78 is 5.08. The molecule has 84 valence electrons. The minimum atomic E-state index is 0.398. The first-order valence-electron chi connectivity index (χ1n) is 5.42. The lowest BCUT2D eigenvalue weighted by molar-refractivity contribution is 0.171. The number of aryl methyl sites for hydroxylation is 2. The third kappa shape index (κ3) is 4.02. The molecule has 0 heterocycles. The van der Waals surface area contributed by atoms with Crippen molar-refractivity contribution in [2.24, 2.45) is 0 Å². The molecule has 0 aliphatic rings. The second kappa shape index (κ2) is 5.89. The van der Waals surface area contributed by atoms with Crippen molar-refractivity contribution in [1.29, 1.82) is 0 Å². The van der Waals surface area contributed by atoms with Crippen LogP contribution in [0.4, 0.5) is 0 Å². The summed E-state index contributed by atoms with van der Waals surface area (Å²) in [5, 5.41) is 3.44. The minimum absolute atomic E-state index is 0.398. The van der Waals surface area contributed by atoms with Gasteiger partial charge in [0.15, 0.2) is 0 Å². The maximum absolute atomic E-state index is 5.08. The van der Waals surface area contributed by atoms with Crippen LogP contribution in [0.3, 0.4) is 0 Å². The smallest absolute Gasteiger partial charge is 0.0613 e. The molecule has 1 atom stereocenters. The Morgan fingerprint density at radius 2 is 2.07 bits per heavy atom. The van der Waals surface area contributed by atoms with Crippen LogP contribution in [0.5, 0.6) is 0 Å². The van der Waals surface area contributed by atoms with Gasteiger partial charge in [-0.2, -0.15) is 0 Å². The molecule has 0 aromatic heterocycles. The van der Waals surface area contributed by atoms with Crippen molar-refractivity contribution in [3.63, 3.8) is 0 Å². The van der Waals surface area contributed by atoms with Crippen LogP contribution in [-0.4, -0.2) is 19.8 Å². The average Bonchev–Trinajstić information content (AvgIpc) is 2.20. The van der Waals surface area contributed by atoms with E-state index in [1.807, 2.05) is 0 Å². The van der Waals surface area contributed by atoms with E-state index in [1.165, 1.54) is 16.7 Å². The SMILES string of the molecule is COCC(C)NCc1cc(C)ccc1C. The Morgan fingerprint density at radius 3 is 2.73 bits per heavy atom. The van der Waals surface area contributed by atoms with Crippen molar-refractivity contribution in [3.8, 4) is 0 Å². The predicted octanol–water partition coefficient (Wildman–Crippen LogP) is 2.43. The molecule has 0 spiro atoms. The minimum Gasteiger partial charge on any atom is -0.383 e. The van der Waals surface area contributed by atoms with Crippen LogP contribution in [-0.2, 0) is 11.3 Å². The molecule has 1 unspecified atom stereocenters. The van der Waals surface area contributed by atoms with Gasteiger partial charge in [0.2, 0.25) is 0 Å². The van der Waals surface area contributed by atoms with Gasteiger partial charge in [0.25, 0.3) is 0 Å². The highest BCUT2D eigenvalue weighted by Crippen LogP contribution is 2.10. The zero-order valence-corrected chi connectivity index (χ0v) is 10.1. The monoisotopic (exact) mass is 207 g/mol. The first-order valence-corrected chi connectivity index (χ1v) is 5.42. The van der Waals surface area contributed by atoms with Crippen molar-refractivity contribution in [1.82, 2.24) is 5.32 Å². The molecule has 2 nitrogen and oxygen atoms in total. The van der Waals surface area contributed by atoms with Crippen LogP contribution < -0.4 is 5.32 Å². The molecule has 2 heteroatoms. The zero-order valence-electron chi connectivity index (χ0n) is 10.1. The van der Waals surface area contributed by atoms with E-state index in [0.717, 1.165) is 13.2 Å². The highest BCUT2D eigenvalue weighted by Gasteiger charge is 2.02. The van der Waals surface area contributed by atoms with E-state index in [4.69, 9.17) is 4.74 Å². The molecule has 1 aromatic carbocycles. The Hall–Kier alpha value is -0.860. The molecule has 1 N–H and O–H groups in total. The molecule has 0 radical (unpaired) electrons. The van der Waals surface area contributed by atoms with Gasteiger partial charge < -0.3 is 10.1 Å². The Kier molecular flexibility index (Phi) is 4.79. The second-order valence-corrected chi connectivity index (χ2v) is 4.17. The summed E-state index contributed by atoms with van der Waals surface area (Å²) in [4.78, 5) is 0. The molecule has 1 rings (SSSR count). The van der Waals surface area contributed by atoms with Gasteiger partial charge in [-0.05, 0) is 31.9 Å². The highest BCUT2D eigenvalue weighted by molar-refractivity contribution is 5.30. The van der Waals surface area contributed by atoms with E-state index in [2.05, 4.69) is 44.3 Å². The third-order valence-electron chi connectivity index (χ3n) is 2.56. The molecule has 0 amide bonds. The fourth-order valence-corrected chi connectivity index (χ4v) is 1.58. The molecule has 0 bridgehead atoms. The average molecular weight is 207 g/mol. The van der Waals surface area contributed by atoms with Crippen LogP contribution >= 0.6 is 0 Å². The number of methoxy groups -OCH3 is 1. The van der Waals surface area contributed by atoms with Crippen molar-refractivity contribution >= 4 is 0 Å². The van der Waals surface area contributed by atoms with E-state index in [1.54, 1.807) is 7.11 Å². The lowest BCUT2D eigenvalue weighted by Gasteiger charge is -2.14. The maximum Gasteiger partial charge on any atom is 0.0613 e. The lowest BCUT2D eigenvalue weighted by Crippen LogP contribution is -2.29. The summed E-state index contributed by atoms with van der Waals surface area (Å²) in [6.07, 6.45) is 0. The van der Waals surface area contributed by atoms with Gasteiger partial charge in [-0.3, -0.25) is 0 Å². The van der Waals surface area contributed by atoms with Gasteiger partial charge in [-0.15, -0.1) is 0 Å². The molecule has 0 fully saturated rings. The first-order chi connectivity index (χ1) is 7.13. The van der Waals surface area contributed by atoms with Crippen molar-refractivity contribution < 1.29 is 4.74 Å². The van der Waals surface area contributed by atoms with Crippen LogP contribution in [0.1, 0.15) is 23.6 Å². The molecule has 0 saturated heterocycles. The van der Waals surface area contributed by atoms with E-state index in [-0.39, 0.29) is 0 Å². The number of benzene rings is 1. The van der Waals surface area contributed by atoms with Crippen LogP contribution in [0, 0.1) is 13.8 Å². The van der Waals surface area contributed by atoms with Gasteiger partial charge in [-0.1, -0.05) is 23.8 Å². The van der Waals surface area contributed by atoms with Crippen molar-refractivity contribution in [2.45, 2.75) is 33.4 Å². The Bertz CT molecular complexity index is 309. The molecule has 15 heavy (non-hydrogen) atoms. The molecule has 0 aliphatic heterocycles. The summed E-state index contributed by atoms with van der Waals surface area (Å²) >= 11 is 0. The summed E-state index contributed by atoms with van der Waals surface area (Å²) in [5.41, 5.74) is 4.03. The van der Waals surface area contributed by atoms with Gasteiger partial charge in [-0.25, -0.2) is 0 Å². The zero-order chi connectivity index (χ0) is 11.3. The maximum atomic E-state index is 5.08. The predicted molar refractivity (Wildman–Crippen MR) is 64.1 cm³/mol. The van der Waals surface area contributed by atoms with E-state index in [0.29, 0.717) is 6.04 Å². The van der Waals surface area contributed by atoms with Gasteiger partial charge in [0, 0.05) is 19.7 Å². The second-order valence-electron chi connectivity index (χ2n) is 4.17. The topological polar surface area (TPSA) is 21.3 Å². The first kappa shape index (κ1) is 12.2. The molecule has 0 aliphatic carbocycles. The number of nitrogens with one attached hydrogen (secondary N) is 1. The fraction of sp³-hybridized carbons (Fsp3) is 0.538. The number of rotatable bonds is 5. The Balaban J connectivity index is 2.53. The van der Waals surface area contributed by atoms with E-state index < -0.39 is 0 Å². The largest absolute Gasteiger partial charge is 0.383 e. The molecule has 0 saturated carbocycles. The van der Waals surface area contributed by atoms with Crippen LogP contribution in [0.2, 0.25) is 0 Å². The Morgan fingerprint density at radius 1 is 1.33 bits per heavy atom. The van der Waals surface area contributed by atoms with Crippen LogP contribution in [0.25, 0.3) is 0 Å². The number of hydrogen-bond acceptors (Lipinski definition) is 2. The number of hydrogen-bond donors (Lipinski definition) is 1. The van der Waals surface area contributed by atoms with E-state index >= 15 is 0 Å². The summed E-state index contributed by atoms with van der Waals surface area (Å²) in [5.74, 6) is 0. The van der Waals surface area contributed by atoms with Crippen molar-refractivity contribution in [3.05, 3.63) is 34.9 Å².